The molecule has 1 aliphatic heterocycles. The minimum absolute atomic E-state index is 0.0729. The largest absolute Gasteiger partial charge is 0.405 e. The van der Waals surface area contributed by atoms with E-state index in [2.05, 4.69) is 10.6 Å². The second-order valence-corrected chi connectivity index (χ2v) is 8.26. The highest BCUT2D eigenvalue weighted by atomic mass is 32.2. The highest BCUT2D eigenvalue weighted by Gasteiger charge is 2.43. The van der Waals surface area contributed by atoms with E-state index in [0.29, 0.717) is 13.1 Å². The lowest BCUT2D eigenvalue weighted by molar-refractivity contribution is -0.183. The van der Waals surface area contributed by atoms with Crippen LogP contribution in [0.1, 0.15) is 17.3 Å². The number of nitrogens with one attached hydrogen (secondary N) is 2. The Hall–Kier alpha value is -1.65. The number of carbonyl (C=O) groups excluding carboxylic acids is 1. The van der Waals surface area contributed by atoms with E-state index >= 15 is 0 Å². The zero-order chi connectivity index (χ0) is 19.4. The number of rotatable bonds is 6. The van der Waals surface area contributed by atoms with Crippen LogP contribution >= 0.6 is 0 Å². The Morgan fingerprint density at radius 1 is 1.23 bits per heavy atom. The fourth-order valence-corrected chi connectivity index (χ4v) is 3.60. The lowest BCUT2D eigenvalue weighted by Gasteiger charge is -2.35. The smallest absolute Gasteiger partial charge is 0.350 e. The van der Waals surface area contributed by atoms with Gasteiger partial charge in [-0.25, -0.2) is 8.42 Å². The quantitative estimate of drug-likeness (QED) is 0.755. The van der Waals surface area contributed by atoms with Gasteiger partial charge in [-0.1, -0.05) is 6.92 Å². The maximum absolute atomic E-state index is 13.3. The Bertz CT molecular complexity index is 714. The Labute approximate surface area is 150 Å². The molecule has 10 heteroatoms. The summed E-state index contributed by atoms with van der Waals surface area (Å²) in [6, 6.07) is 3.40. The van der Waals surface area contributed by atoms with E-state index in [9.17, 15) is 26.4 Å². The Balaban J connectivity index is 2.03. The van der Waals surface area contributed by atoms with Gasteiger partial charge in [0.25, 0.3) is 5.91 Å². The molecule has 0 aliphatic carbocycles. The van der Waals surface area contributed by atoms with E-state index in [-0.39, 0.29) is 29.3 Å². The second kappa shape index (κ2) is 8.36. The third kappa shape index (κ3) is 5.18. The van der Waals surface area contributed by atoms with Gasteiger partial charge in [0, 0.05) is 38.3 Å². The molecule has 26 heavy (non-hydrogen) atoms. The minimum atomic E-state index is -4.45. The monoisotopic (exact) mass is 393 g/mol. The van der Waals surface area contributed by atoms with Crippen LogP contribution < -0.4 is 10.6 Å². The molecule has 146 valence electrons. The number of piperazine rings is 1. The van der Waals surface area contributed by atoms with E-state index in [1.54, 1.807) is 0 Å². The van der Waals surface area contributed by atoms with Crippen LogP contribution in [0.3, 0.4) is 0 Å². The molecule has 1 amide bonds. The molecule has 1 aromatic carbocycles. The van der Waals surface area contributed by atoms with Crippen LogP contribution in [0, 0.1) is 0 Å². The normalized spacial score (nSPS) is 17.7. The van der Waals surface area contributed by atoms with Gasteiger partial charge in [-0.05, 0) is 24.3 Å². The average molecular weight is 393 g/mol. The number of nitrogens with zero attached hydrogens (tertiary/aromatic N) is 1. The Morgan fingerprint density at radius 2 is 1.81 bits per heavy atom. The number of hydrogen-bond acceptors (Lipinski definition) is 5. The summed E-state index contributed by atoms with van der Waals surface area (Å²) >= 11 is 0. The first kappa shape index (κ1) is 20.7. The van der Waals surface area contributed by atoms with Crippen molar-refractivity contribution < 1.29 is 26.4 Å². The van der Waals surface area contributed by atoms with E-state index in [1.807, 2.05) is 0 Å². The third-order valence-corrected chi connectivity index (χ3v) is 6.03. The first-order chi connectivity index (χ1) is 12.1. The molecule has 6 nitrogen and oxygen atoms in total. The molecular formula is C16H22F3N3O3S. The van der Waals surface area contributed by atoms with Crippen molar-refractivity contribution in [1.29, 1.82) is 0 Å². The zero-order valence-electron chi connectivity index (χ0n) is 14.3. The first-order valence-electron chi connectivity index (χ1n) is 8.27. The van der Waals surface area contributed by atoms with Gasteiger partial charge in [0.1, 0.15) is 6.04 Å². The molecule has 1 aliphatic rings. The summed E-state index contributed by atoms with van der Waals surface area (Å²) in [4.78, 5) is 13.5. The molecule has 1 fully saturated rings. The third-order valence-electron chi connectivity index (χ3n) is 4.28. The van der Waals surface area contributed by atoms with Crippen molar-refractivity contribution in [3.8, 4) is 0 Å². The van der Waals surface area contributed by atoms with Gasteiger partial charge in [-0.2, -0.15) is 13.2 Å². The fourth-order valence-electron chi connectivity index (χ4n) is 2.72. The van der Waals surface area contributed by atoms with Gasteiger partial charge in [0.2, 0.25) is 0 Å². The highest BCUT2D eigenvalue weighted by Crippen LogP contribution is 2.25. The molecule has 1 aromatic rings. The molecule has 1 atom stereocenters. The lowest BCUT2D eigenvalue weighted by Crippen LogP contribution is -2.57. The van der Waals surface area contributed by atoms with E-state index in [1.165, 1.54) is 36.1 Å². The van der Waals surface area contributed by atoms with Crippen molar-refractivity contribution in [2.75, 3.05) is 38.5 Å². The first-order valence-corrected chi connectivity index (χ1v) is 9.93. The molecule has 0 spiro atoms. The lowest BCUT2D eigenvalue weighted by atomic mass is 10.1. The average Bonchev–Trinajstić information content (AvgIpc) is 2.61. The molecule has 2 rings (SSSR count). The molecule has 0 aromatic heterocycles. The maximum Gasteiger partial charge on any atom is 0.405 e. The van der Waals surface area contributed by atoms with Gasteiger partial charge >= 0.3 is 6.18 Å². The molecule has 0 saturated carbocycles. The summed E-state index contributed by atoms with van der Waals surface area (Å²) in [5.74, 6) is -0.744. The number of halogens is 3. The van der Waals surface area contributed by atoms with E-state index in [0.717, 1.165) is 0 Å². The molecule has 2 N–H and O–H groups in total. The van der Waals surface area contributed by atoms with E-state index < -0.39 is 34.5 Å². The van der Waals surface area contributed by atoms with Crippen molar-refractivity contribution in [3.05, 3.63) is 29.8 Å². The van der Waals surface area contributed by atoms with Gasteiger partial charge < -0.3 is 10.6 Å². The standard InChI is InChI=1S/C16H22F3N3O3S/c1-2-26(24,25)13-5-3-12(4-6-13)15(23)21-11-14(16(17,18)19)22-9-7-20-8-10-22/h3-6,14,20H,2,7-11H2,1H3,(H,21,23). The predicted octanol–water partition coefficient (Wildman–Crippen LogP) is 1.05. The maximum atomic E-state index is 13.3. The van der Waals surface area contributed by atoms with Gasteiger partial charge in [-0.15, -0.1) is 0 Å². The van der Waals surface area contributed by atoms with Crippen molar-refractivity contribution in [2.24, 2.45) is 0 Å². The van der Waals surface area contributed by atoms with Crippen LogP contribution in [0.15, 0.2) is 29.2 Å². The summed E-state index contributed by atoms with van der Waals surface area (Å²) in [7, 11) is -3.39. The molecular weight excluding hydrogens is 371 g/mol. The molecule has 1 saturated heterocycles. The summed E-state index contributed by atoms with van der Waals surface area (Å²) < 4.78 is 63.4. The summed E-state index contributed by atoms with van der Waals surface area (Å²) in [5, 5.41) is 5.29. The van der Waals surface area contributed by atoms with Gasteiger partial charge in [0.05, 0.1) is 10.6 Å². The van der Waals surface area contributed by atoms with Gasteiger partial charge in [0.15, 0.2) is 9.84 Å². The molecule has 0 radical (unpaired) electrons. The summed E-state index contributed by atoms with van der Waals surface area (Å²) in [6.07, 6.45) is -4.45. The molecule has 1 unspecified atom stereocenters. The SMILES string of the molecule is CCS(=O)(=O)c1ccc(C(=O)NCC(N2CCNCC2)C(F)(F)F)cc1. The van der Waals surface area contributed by atoms with Crippen molar-refractivity contribution >= 4 is 15.7 Å². The zero-order valence-corrected chi connectivity index (χ0v) is 15.2. The minimum Gasteiger partial charge on any atom is -0.350 e. The Morgan fingerprint density at radius 3 is 2.31 bits per heavy atom. The van der Waals surface area contributed by atoms with Gasteiger partial charge in [-0.3, -0.25) is 9.69 Å². The highest BCUT2D eigenvalue weighted by molar-refractivity contribution is 7.91. The number of amides is 1. The van der Waals surface area contributed by atoms with Crippen LogP contribution in [0.4, 0.5) is 13.2 Å². The Kier molecular flexibility index (Phi) is 6.64. The van der Waals surface area contributed by atoms with Crippen LogP contribution in [0.25, 0.3) is 0 Å². The summed E-state index contributed by atoms with van der Waals surface area (Å²) in [6.45, 7) is 2.38. The molecule has 0 bridgehead atoms. The number of hydrogen-bond donors (Lipinski definition) is 2. The number of benzene rings is 1. The van der Waals surface area contributed by atoms with Crippen molar-refractivity contribution in [2.45, 2.75) is 24.0 Å². The van der Waals surface area contributed by atoms with Crippen molar-refractivity contribution in [1.82, 2.24) is 15.5 Å². The number of carbonyl (C=O) groups is 1. The topological polar surface area (TPSA) is 78.5 Å². The van der Waals surface area contributed by atoms with Crippen LogP contribution in [-0.2, 0) is 9.84 Å². The predicted molar refractivity (Wildman–Crippen MR) is 90.8 cm³/mol. The number of sulfone groups is 1. The second-order valence-electron chi connectivity index (χ2n) is 5.98. The van der Waals surface area contributed by atoms with E-state index in [4.69, 9.17) is 0 Å². The van der Waals surface area contributed by atoms with Crippen LogP contribution in [0.5, 0.6) is 0 Å². The molecule has 1 heterocycles. The van der Waals surface area contributed by atoms with Crippen molar-refractivity contribution in [3.63, 3.8) is 0 Å². The summed E-state index contributed by atoms with van der Waals surface area (Å²) in [5.41, 5.74) is 0.112. The fraction of sp³-hybridized carbons (Fsp3) is 0.562. The van der Waals surface area contributed by atoms with Crippen LogP contribution in [-0.4, -0.2) is 69.9 Å². The number of alkyl halides is 3. The van der Waals surface area contributed by atoms with Crippen LogP contribution in [0.2, 0.25) is 0 Å².